The van der Waals surface area contributed by atoms with Crippen molar-refractivity contribution in [3.05, 3.63) is 65.4 Å². The van der Waals surface area contributed by atoms with Gasteiger partial charge < -0.3 is 9.84 Å². The zero-order valence-corrected chi connectivity index (χ0v) is 13.6. The molecule has 0 aliphatic heterocycles. The van der Waals surface area contributed by atoms with Gasteiger partial charge in [-0.2, -0.15) is 0 Å². The van der Waals surface area contributed by atoms with Crippen LogP contribution in [-0.4, -0.2) is 21.0 Å². The van der Waals surface area contributed by atoms with Crippen molar-refractivity contribution in [3.63, 3.8) is 0 Å². The molecule has 6 heteroatoms. The van der Waals surface area contributed by atoms with Gasteiger partial charge in [-0.25, -0.2) is 0 Å². The SMILES string of the molecule is Cc1noc(C)c1CC(=O)NCc1cccnc1-c1cccnc1. The number of amides is 1. The van der Waals surface area contributed by atoms with E-state index in [1.54, 1.807) is 18.6 Å². The van der Waals surface area contributed by atoms with Crippen LogP contribution in [0, 0.1) is 13.8 Å². The lowest BCUT2D eigenvalue weighted by atomic mass is 10.1. The van der Waals surface area contributed by atoms with E-state index in [4.69, 9.17) is 4.52 Å². The minimum Gasteiger partial charge on any atom is -0.361 e. The normalized spacial score (nSPS) is 10.6. The highest BCUT2D eigenvalue weighted by Crippen LogP contribution is 2.20. The molecule has 0 fully saturated rings. The molecule has 0 bridgehead atoms. The molecule has 24 heavy (non-hydrogen) atoms. The number of nitrogens with one attached hydrogen (secondary N) is 1. The fourth-order valence-electron chi connectivity index (χ4n) is 2.52. The molecule has 3 rings (SSSR count). The molecule has 0 saturated heterocycles. The van der Waals surface area contributed by atoms with Crippen LogP contribution >= 0.6 is 0 Å². The van der Waals surface area contributed by atoms with Crippen molar-refractivity contribution in [2.45, 2.75) is 26.8 Å². The third-order valence-corrected chi connectivity index (χ3v) is 3.82. The fraction of sp³-hybridized carbons (Fsp3) is 0.222. The molecule has 1 N–H and O–H groups in total. The molecule has 0 aromatic carbocycles. The third kappa shape index (κ3) is 3.48. The molecular weight excluding hydrogens is 304 g/mol. The molecule has 122 valence electrons. The molecule has 3 aromatic rings. The van der Waals surface area contributed by atoms with Gasteiger partial charge in [-0.05, 0) is 37.6 Å². The van der Waals surface area contributed by atoms with E-state index in [2.05, 4.69) is 20.4 Å². The van der Waals surface area contributed by atoms with E-state index >= 15 is 0 Å². The quantitative estimate of drug-likeness (QED) is 0.781. The minimum absolute atomic E-state index is 0.0783. The van der Waals surface area contributed by atoms with Crippen molar-refractivity contribution in [3.8, 4) is 11.3 Å². The Morgan fingerprint density at radius 3 is 2.75 bits per heavy atom. The van der Waals surface area contributed by atoms with Crippen LogP contribution in [-0.2, 0) is 17.8 Å². The summed E-state index contributed by atoms with van der Waals surface area (Å²) in [5, 5.41) is 6.80. The minimum atomic E-state index is -0.0783. The van der Waals surface area contributed by atoms with Gasteiger partial charge in [0.05, 0.1) is 17.8 Å². The maximum Gasteiger partial charge on any atom is 0.224 e. The summed E-state index contributed by atoms with van der Waals surface area (Å²) >= 11 is 0. The second-order valence-corrected chi connectivity index (χ2v) is 5.51. The number of carbonyl (C=O) groups excluding carboxylic acids is 1. The van der Waals surface area contributed by atoms with Crippen molar-refractivity contribution in [1.29, 1.82) is 0 Å². The lowest BCUT2D eigenvalue weighted by Crippen LogP contribution is -2.25. The first-order chi connectivity index (χ1) is 11.6. The van der Waals surface area contributed by atoms with E-state index in [9.17, 15) is 4.79 Å². The Kier molecular flexibility index (Phi) is 4.65. The van der Waals surface area contributed by atoms with Gasteiger partial charge in [-0.3, -0.25) is 14.8 Å². The van der Waals surface area contributed by atoms with E-state index in [1.165, 1.54) is 0 Å². The van der Waals surface area contributed by atoms with Gasteiger partial charge in [0.25, 0.3) is 0 Å². The molecule has 1 amide bonds. The molecule has 0 radical (unpaired) electrons. The first-order valence-electron chi connectivity index (χ1n) is 7.68. The standard InChI is InChI=1S/C18H18N4O2/c1-12-16(13(2)24-22-12)9-17(23)21-11-15-6-4-8-20-18(15)14-5-3-7-19-10-14/h3-8,10H,9,11H2,1-2H3,(H,21,23). The first-order valence-corrected chi connectivity index (χ1v) is 7.68. The molecule has 0 saturated carbocycles. The first kappa shape index (κ1) is 15.9. The van der Waals surface area contributed by atoms with Crippen LogP contribution in [0.2, 0.25) is 0 Å². The highest BCUT2D eigenvalue weighted by molar-refractivity contribution is 5.79. The second-order valence-electron chi connectivity index (χ2n) is 5.51. The van der Waals surface area contributed by atoms with Crippen molar-refractivity contribution < 1.29 is 9.32 Å². The zero-order chi connectivity index (χ0) is 16.9. The summed E-state index contributed by atoms with van der Waals surface area (Å²) in [5.74, 6) is 0.602. The van der Waals surface area contributed by atoms with Crippen LogP contribution in [0.5, 0.6) is 0 Å². The Balaban J connectivity index is 1.70. The van der Waals surface area contributed by atoms with Gasteiger partial charge in [0.1, 0.15) is 5.76 Å². The number of rotatable bonds is 5. The number of carbonyl (C=O) groups is 1. The number of pyridine rings is 2. The summed E-state index contributed by atoms with van der Waals surface area (Å²) in [7, 11) is 0. The zero-order valence-electron chi connectivity index (χ0n) is 13.6. The Morgan fingerprint density at radius 1 is 1.21 bits per heavy atom. The summed E-state index contributed by atoms with van der Waals surface area (Å²) in [5.41, 5.74) is 4.28. The molecule has 3 aromatic heterocycles. The van der Waals surface area contributed by atoms with Crippen molar-refractivity contribution in [1.82, 2.24) is 20.4 Å². The third-order valence-electron chi connectivity index (χ3n) is 3.82. The van der Waals surface area contributed by atoms with Crippen LogP contribution in [0.15, 0.2) is 47.4 Å². The molecule has 0 aliphatic carbocycles. The lowest BCUT2D eigenvalue weighted by Gasteiger charge is -2.10. The van der Waals surface area contributed by atoms with E-state index in [0.29, 0.717) is 12.3 Å². The van der Waals surface area contributed by atoms with Crippen LogP contribution in [0.3, 0.4) is 0 Å². The molecule has 0 atom stereocenters. The van der Waals surface area contributed by atoms with Gasteiger partial charge >= 0.3 is 0 Å². The van der Waals surface area contributed by atoms with Crippen molar-refractivity contribution in [2.75, 3.05) is 0 Å². The van der Waals surface area contributed by atoms with Gasteiger partial charge in [0, 0.05) is 36.3 Å². The number of nitrogens with zero attached hydrogens (tertiary/aromatic N) is 3. The summed E-state index contributed by atoms with van der Waals surface area (Å²) in [6.45, 7) is 4.05. The molecule has 0 spiro atoms. The maximum atomic E-state index is 12.2. The molecular formula is C18H18N4O2. The van der Waals surface area contributed by atoms with Crippen LogP contribution < -0.4 is 5.32 Å². The van der Waals surface area contributed by atoms with Gasteiger partial charge in [-0.15, -0.1) is 0 Å². The largest absolute Gasteiger partial charge is 0.361 e. The van der Waals surface area contributed by atoms with Gasteiger partial charge in [0.15, 0.2) is 0 Å². The molecule has 0 aliphatic rings. The number of hydrogen-bond donors (Lipinski definition) is 1. The Bertz CT molecular complexity index is 824. The number of aromatic nitrogens is 3. The average Bonchev–Trinajstić information content (AvgIpc) is 2.93. The van der Waals surface area contributed by atoms with E-state index < -0.39 is 0 Å². The maximum absolute atomic E-state index is 12.2. The molecule has 3 heterocycles. The molecule has 6 nitrogen and oxygen atoms in total. The van der Waals surface area contributed by atoms with E-state index in [-0.39, 0.29) is 12.3 Å². The Labute approximate surface area is 139 Å². The van der Waals surface area contributed by atoms with Crippen molar-refractivity contribution >= 4 is 5.91 Å². The van der Waals surface area contributed by atoms with Gasteiger partial charge in [-0.1, -0.05) is 11.2 Å². The highest BCUT2D eigenvalue weighted by atomic mass is 16.5. The Morgan fingerprint density at radius 2 is 2.04 bits per heavy atom. The summed E-state index contributed by atoms with van der Waals surface area (Å²) < 4.78 is 5.09. The average molecular weight is 322 g/mol. The van der Waals surface area contributed by atoms with Crippen molar-refractivity contribution in [2.24, 2.45) is 0 Å². The Hall–Kier alpha value is -3.02. The topological polar surface area (TPSA) is 80.9 Å². The van der Waals surface area contributed by atoms with Crippen LogP contribution in [0.25, 0.3) is 11.3 Å². The van der Waals surface area contributed by atoms with Crippen LogP contribution in [0.1, 0.15) is 22.6 Å². The smallest absolute Gasteiger partial charge is 0.224 e. The monoisotopic (exact) mass is 322 g/mol. The second kappa shape index (κ2) is 7.04. The van der Waals surface area contributed by atoms with E-state index in [1.807, 2.05) is 38.1 Å². The predicted octanol–water partition coefficient (Wildman–Crippen LogP) is 2.61. The summed E-state index contributed by atoms with van der Waals surface area (Å²) in [6, 6.07) is 7.62. The highest BCUT2D eigenvalue weighted by Gasteiger charge is 2.14. The summed E-state index contributed by atoms with van der Waals surface area (Å²) in [6.07, 6.45) is 5.47. The lowest BCUT2D eigenvalue weighted by molar-refractivity contribution is -0.120. The van der Waals surface area contributed by atoms with E-state index in [0.717, 1.165) is 28.1 Å². The molecule has 0 unspecified atom stereocenters. The van der Waals surface area contributed by atoms with Crippen LogP contribution in [0.4, 0.5) is 0 Å². The number of hydrogen-bond acceptors (Lipinski definition) is 5. The fourth-order valence-corrected chi connectivity index (χ4v) is 2.52. The number of aryl methyl sites for hydroxylation is 2. The summed E-state index contributed by atoms with van der Waals surface area (Å²) in [4.78, 5) is 20.8. The predicted molar refractivity (Wildman–Crippen MR) is 89.0 cm³/mol. The van der Waals surface area contributed by atoms with Gasteiger partial charge in [0.2, 0.25) is 5.91 Å².